The molecular formula is C25H35N5O8. The average molecular weight is 534 g/mol. The third-order valence-corrected chi connectivity index (χ3v) is 5.81. The minimum Gasteiger partial charge on any atom is -0.469 e. The second kappa shape index (κ2) is 14.0. The zero-order chi connectivity index (χ0) is 28.4. The maximum atomic E-state index is 13.0. The van der Waals surface area contributed by atoms with E-state index in [0.29, 0.717) is 30.8 Å². The molecule has 1 aliphatic rings. The predicted molar refractivity (Wildman–Crippen MR) is 136 cm³/mol. The summed E-state index contributed by atoms with van der Waals surface area (Å²) < 4.78 is 9.63. The van der Waals surface area contributed by atoms with E-state index < -0.39 is 47.9 Å². The summed E-state index contributed by atoms with van der Waals surface area (Å²) in [4.78, 5) is 75.9. The number of ether oxygens (including phenoxy) is 2. The molecule has 0 aromatic heterocycles. The summed E-state index contributed by atoms with van der Waals surface area (Å²) in [6.07, 6.45) is 0.309. The van der Waals surface area contributed by atoms with Crippen LogP contribution in [-0.4, -0.2) is 91.4 Å². The summed E-state index contributed by atoms with van der Waals surface area (Å²) >= 11 is 0. The molecule has 3 N–H and O–H groups in total. The van der Waals surface area contributed by atoms with E-state index in [-0.39, 0.29) is 18.7 Å². The first kappa shape index (κ1) is 30.1. The Hall–Kier alpha value is -4.16. The molecule has 0 aliphatic carbocycles. The minimum atomic E-state index is -0.937. The van der Waals surface area contributed by atoms with Gasteiger partial charge in [0.05, 0.1) is 13.5 Å². The maximum Gasteiger partial charge on any atom is 0.414 e. The Balaban J connectivity index is 1.90. The summed E-state index contributed by atoms with van der Waals surface area (Å²) in [5, 5.41) is 7.80. The van der Waals surface area contributed by atoms with E-state index in [2.05, 4.69) is 20.7 Å². The van der Waals surface area contributed by atoms with Crippen molar-refractivity contribution in [1.29, 1.82) is 0 Å². The molecule has 2 rings (SSSR count). The summed E-state index contributed by atoms with van der Waals surface area (Å²) in [6.45, 7) is 3.32. The Morgan fingerprint density at radius 3 is 2.26 bits per heavy atom. The number of likely N-dealkylation sites (tertiary alicyclic amines) is 1. The van der Waals surface area contributed by atoms with E-state index in [0.717, 1.165) is 0 Å². The van der Waals surface area contributed by atoms with Crippen molar-refractivity contribution in [2.45, 2.75) is 57.7 Å². The lowest BCUT2D eigenvalue weighted by Crippen LogP contribution is -2.54. The topological polar surface area (TPSA) is 163 Å². The Labute approximate surface area is 221 Å². The molecule has 1 aromatic carbocycles. The van der Waals surface area contributed by atoms with Gasteiger partial charge in [0.15, 0.2) is 0 Å². The fraction of sp³-hybridized carbons (Fsp3) is 0.520. The second-order valence-corrected chi connectivity index (χ2v) is 9.06. The number of carbonyl (C=O) groups excluding carboxylic acids is 6. The van der Waals surface area contributed by atoms with Gasteiger partial charge in [0.2, 0.25) is 23.6 Å². The lowest BCUT2D eigenvalue weighted by atomic mass is 10.1. The van der Waals surface area contributed by atoms with E-state index in [4.69, 9.17) is 4.74 Å². The molecule has 38 heavy (non-hydrogen) atoms. The molecule has 1 aliphatic heterocycles. The number of hydrogen-bond donors (Lipinski definition) is 3. The van der Waals surface area contributed by atoms with Gasteiger partial charge in [-0.2, -0.15) is 0 Å². The summed E-state index contributed by atoms with van der Waals surface area (Å²) in [5.41, 5.74) is 0.470. The van der Waals surface area contributed by atoms with Crippen molar-refractivity contribution in [2.24, 2.45) is 0 Å². The van der Waals surface area contributed by atoms with Gasteiger partial charge in [-0.3, -0.25) is 24.0 Å². The number of nitrogens with one attached hydrogen (secondary N) is 3. The molecule has 0 bridgehead atoms. The molecule has 0 radical (unpaired) electrons. The lowest BCUT2D eigenvalue weighted by Gasteiger charge is -2.27. The zero-order valence-electron chi connectivity index (χ0n) is 22.2. The third kappa shape index (κ3) is 8.75. The normalized spacial score (nSPS) is 16.0. The Morgan fingerprint density at radius 1 is 1.00 bits per heavy atom. The SMILES string of the molecule is COC(=O)CCC(=O)N[C@@H](C)C(=O)N[C@@H](C)C(=O)N1CCC[C@H]1C(=O)Nc1ccc(OC(=O)N(C)C)cc1. The van der Waals surface area contributed by atoms with Crippen molar-refractivity contribution in [2.75, 3.05) is 33.1 Å². The molecule has 3 atom stereocenters. The van der Waals surface area contributed by atoms with Crippen molar-refractivity contribution in [1.82, 2.24) is 20.4 Å². The van der Waals surface area contributed by atoms with Gasteiger partial charge in [0, 0.05) is 32.7 Å². The van der Waals surface area contributed by atoms with E-state index in [1.54, 1.807) is 38.4 Å². The molecule has 208 valence electrons. The van der Waals surface area contributed by atoms with Crippen LogP contribution < -0.4 is 20.7 Å². The second-order valence-electron chi connectivity index (χ2n) is 9.06. The van der Waals surface area contributed by atoms with E-state index in [1.165, 1.54) is 30.8 Å². The van der Waals surface area contributed by atoms with Crippen LogP contribution >= 0.6 is 0 Å². The first-order valence-electron chi connectivity index (χ1n) is 12.2. The quantitative estimate of drug-likeness (QED) is 0.369. The first-order chi connectivity index (χ1) is 17.9. The Morgan fingerprint density at radius 2 is 1.66 bits per heavy atom. The number of esters is 1. The molecule has 0 saturated carbocycles. The van der Waals surface area contributed by atoms with Crippen LogP contribution in [0.3, 0.4) is 0 Å². The fourth-order valence-corrected chi connectivity index (χ4v) is 3.67. The van der Waals surface area contributed by atoms with Crippen LogP contribution in [0.1, 0.15) is 39.5 Å². The molecule has 5 amide bonds. The van der Waals surface area contributed by atoms with Crippen molar-refractivity contribution in [3.05, 3.63) is 24.3 Å². The maximum absolute atomic E-state index is 13.0. The van der Waals surface area contributed by atoms with Crippen LogP contribution in [0.25, 0.3) is 0 Å². The van der Waals surface area contributed by atoms with E-state index in [9.17, 15) is 28.8 Å². The number of hydrogen-bond acceptors (Lipinski definition) is 8. The standard InChI is InChI=1S/C25H35N5O8/c1-15(26-20(31)12-13-21(32)37-5)22(33)27-16(2)24(35)30-14-6-7-19(30)23(34)28-17-8-10-18(11-9-17)38-25(36)29(3)4/h8-11,15-16,19H,6-7,12-14H2,1-5H3,(H,26,31)(H,27,33)(H,28,34)/t15-,16-,19-/m0/s1. The first-order valence-corrected chi connectivity index (χ1v) is 12.2. The summed E-state index contributed by atoms with van der Waals surface area (Å²) in [7, 11) is 4.34. The van der Waals surface area contributed by atoms with Gasteiger partial charge < -0.3 is 35.2 Å². The number of methoxy groups -OCH3 is 1. The van der Waals surface area contributed by atoms with Crippen LogP contribution in [-0.2, 0) is 28.7 Å². The number of rotatable bonds is 10. The number of nitrogens with zero attached hydrogens (tertiary/aromatic N) is 2. The van der Waals surface area contributed by atoms with Gasteiger partial charge in [-0.25, -0.2) is 4.79 Å². The highest BCUT2D eigenvalue weighted by Gasteiger charge is 2.36. The van der Waals surface area contributed by atoms with Gasteiger partial charge in [-0.1, -0.05) is 0 Å². The molecule has 1 fully saturated rings. The molecule has 0 spiro atoms. The van der Waals surface area contributed by atoms with Crippen LogP contribution in [0.2, 0.25) is 0 Å². The summed E-state index contributed by atoms with van der Waals surface area (Å²) in [6, 6.07) is 3.66. The lowest BCUT2D eigenvalue weighted by molar-refractivity contribution is -0.142. The Kier molecular flexibility index (Phi) is 11.0. The van der Waals surface area contributed by atoms with Crippen LogP contribution in [0.15, 0.2) is 24.3 Å². The predicted octanol–water partition coefficient (Wildman–Crippen LogP) is 0.639. The molecular weight excluding hydrogens is 498 g/mol. The van der Waals surface area contributed by atoms with Crippen LogP contribution in [0.4, 0.5) is 10.5 Å². The minimum absolute atomic E-state index is 0.113. The smallest absolute Gasteiger partial charge is 0.414 e. The van der Waals surface area contributed by atoms with Gasteiger partial charge in [-0.15, -0.1) is 0 Å². The van der Waals surface area contributed by atoms with Crippen LogP contribution in [0, 0.1) is 0 Å². The largest absolute Gasteiger partial charge is 0.469 e. The number of benzene rings is 1. The van der Waals surface area contributed by atoms with Crippen LogP contribution in [0.5, 0.6) is 5.75 Å². The zero-order valence-corrected chi connectivity index (χ0v) is 22.2. The van der Waals surface area contributed by atoms with Crippen molar-refractivity contribution in [3.63, 3.8) is 0 Å². The monoisotopic (exact) mass is 533 g/mol. The van der Waals surface area contributed by atoms with Gasteiger partial charge in [0.25, 0.3) is 0 Å². The molecule has 13 nitrogen and oxygen atoms in total. The number of carbonyl (C=O) groups is 6. The van der Waals surface area contributed by atoms with E-state index in [1.807, 2.05) is 0 Å². The highest BCUT2D eigenvalue weighted by atomic mass is 16.6. The molecule has 1 heterocycles. The fourth-order valence-electron chi connectivity index (χ4n) is 3.67. The molecule has 13 heteroatoms. The average Bonchev–Trinajstić information content (AvgIpc) is 3.37. The Bertz CT molecular complexity index is 1040. The van der Waals surface area contributed by atoms with Crippen molar-refractivity contribution in [3.8, 4) is 5.75 Å². The third-order valence-electron chi connectivity index (χ3n) is 5.81. The molecule has 1 saturated heterocycles. The number of amides is 5. The van der Waals surface area contributed by atoms with Gasteiger partial charge in [-0.05, 0) is 51.0 Å². The van der Waals surface area contributed by atoms with Crippen molar-refractivity contribution < 1.29 is 38.2 Å². The number of anilines is 1. The van der Waals surface area contributed by atoms with Crippen molar-refractivity contribution >= 4 is 41.4 Å². The summed E-state index contributed by atoms with van der Waals surface area (Å²) in [5.74, 6) is -2.10. The molecule has 1 aromatic rings. The van der Waals surface area contributed by atoms with E-state index >= 15 is 0 Å². The molecule has 0 unspecified atom stereocenters. The highest BCUT2D eigenvalue weighted by molar-refractivity contribution is 5.99. The highest BCUT2D eigenvalue weighted by Crippen LogP contribution is 2.22. The van der Waals surface area contributed by atoms with Gasteiger partial charge in [0.1, 0.15) is 23.9 Å². The van der Waals surface area contributed by atoms with Gasteiger partial charge >= 0.3 is 12.1 Å².